The Morgan fingerprint density at radius 3 is 2.84 bits per heavy atom. The molecule has 0 aliphatic rings. The lowest BCUT2D eigenvalue weighted by molar-refractivity contribution is -0.131. The van der Waals surface area contributed by atoms with Gasteiger partial charge in [-0.25, -0.2) is 4.79 Å². The third-order valence-electron chi connectivity index (χ3n) is 2.75. The first-order valence-corrected chi connectivity index (χ1v) is 6.83. The number of rotatable bonds is 5. The van der Waals surface area contributed by atoms with Crippen molar-refractivity contribution >= 4 is 29.1 Å². The van der Waals surface area contributed by atoms with E-state index in [-0.39, 0.29) is 0 Å². The Balaban J connectivity index is 2.21. The molecule has 3 nitrogen and oxygen atoms in total. The van der Waals surface area contributed by atoms with E-state index >= 15 is 0 Å². The van der Waals surface area contributed by atoms with E-state index in [1.807, 2.05) is 31.3 Å². The van der Waals surface area contributed by atoms with Crippen LogP contribution in [-0.2, 0) is 11.3 Å². The van der Waals surface area contributed by atoms with Gasteiger partial charge in [0.05, 0.1) is 0 Å². The minimum absolute atomic E-state index is 0.807. The Kier molecular flexibility index (Phi) is 4.36. The fourth-order valence-corrected chi connectivity index (χ4v) is 2.54. The molecule has 1 heterocycles. The first kappa shape index (κ1) is 13.4. The van der Waals surface area contributed by atoms with E-state index in [2.05, 4.69) is 21.7 Å². The maximum Gasteiger partial charge on any atom is 0.328 e. The second-order valence-corrected chi connectivity index (χ2v) is 5.00. The minimum Gasteiger partial charge on any atom is -0.478 e. The smallest absolute Gasteiger partial charge is 0.328 e. The number of carboxylic acid groups (broad SMARTS) is 1. The van der Waals surface area contributed by atoms with E-state index in [1.165, 1.54) is 5.56 Å². The van der Waals surface area contributed by atoms with Crippen LogP contribution in [0.3, 0.4) is 0 Å². The van der Waals surface area contributed by atoms with Crippen LogP contribution in [-0.4, -0.2) is 18.1 Å². The summed E-state index contributed by atoms with van der Waals surface area (Å²) in [5, 5.41) is 12.9. The Labute approximate surface area is 116 Å². The average molecular weight is 273 g/mol. The molecule has 2 rings (SSSR count). The molecule has 0 saturated heterocycles. The zero-order valence-corrected chi connectivity index (χ0v) is 11.4. The van der Waals surface area contributed by atoms with E-state index in [1.54, 1.807) is 17.4 Å². The van der Waals surface area contributed by atoms with E-state index in [0.29, 0.717) is 0 Å². The van der Waals surface area contributed by atoms with Gasteiger partial charge >= 0.3 is 5.97 Å². The lowest BCUT2D eigenvalue weighted by Gasteiger charge is -2.21. The molecule has 0 bridgehead atoms. The molecule has 1 aromatic carbocycles. The largest absolute Gasteiger partial charge is 0.478 e. The lowest BCUT2D eigenvalue weighted by Crippen LogP contribution is -2.16. The van der Waals surface area contributed by atoms with Crippen LogP contribution in [0.4, 0.5) is 5.69 Å². The Hall–Kier alpha value is -2.07. The Bertz CT molecular complexity index is 576. The average Bonchev–Trinajstić information content (AvgIpc) is 2.89. The molecule has 4 heteroatoms. The summed E-state index contributed by atoms with van der Waals surface area (Å²) < 4.78 is 0. The number of carbonyl (C=O) groups is 1. The first-order chi connectivity index (χ1) is 9.16. The third-order valence-corrected chi connectivity index (χ3v) is 3.49. The van der Waals surface area contributed by atoms with Crippen LogP contribution < -0.4 is 4.90 Å². The molecule has 0 saturated carbocycles. The molecule has 1 aromatic heterocycles. The number of aliphatic carboxylic acids is 1. The standard InChI is InChI=1S/C15H15NO2S/c1-16(10-12-8-9-19-11-12)14-5-3-2-4-13(14)6-7-15(17)18/h2-9,11H,10H2,1H3,(H,17,18)/b7-6+. The highest BCUT2D eigenvalue weighted by Gasteiger charge is 2.06. The van der Waals surface area contributed by atoms with Crippen LogP contribution in [0.15, 0.2) is 47.2 Å². The highest BCUT2D eigenvalue weighted by molar-refractivity contribution is 7.07. The zero-order chi connectivity index (χ0) is 13.7. The molecule has 0 aliphatic carbocycles. The van der Waals surface area contributed by atoms with Gasteiger partial charge in [-0.1, -0.05) is 18.2 Å². The highest BCUT2D eigenvalue weighted by atomic mass is 32.1. The third kappa shape index (κ3) is 3.69. The minimum atomic E-state index is -0.935. The predicted octanol–water partition coefficient (Wildman–Crippen LogP) is 3.48. The molecule has 0 amide bonds. The number of carboxylic acids is 1. The van der Waals surface area contributed by atoms with E-state index in [9.17, 15) is 4.79 Å². The number of hydrogen-bond acceptors (Lipinski definition) is 3. The van der Waals surface area contributed by atoms with Crippen molar-refractivity contribution in [2.45, 2.75) is 6.54 Å². The van der Waals surface area contributed by atoms with Crippen molar-refractivity contribution in [1.29, 1.82) is 0 Å². The van der Waals surface area contributed by atoms with Crippen LogP contribution in [0.2, 0.25) is 0 Å². The molecular formula is C15H15NO2S. The summed E-state index contributed by atoms with van der Waals surface area (Å²) in [4.78, 5) is 12.7. The van der Waals surface area contributed by atoms with Crippen molar-refractivity contribution in [3.05, 3.63) is 58.3 Å². The number of para-hydroxylation sites is 1. The monoisotopic (exact) mass is 273 g/mol. The molecule has 1 N–H and O–H groups in total. The summed E-state index contributed by atoms with van der Waals surface area (Å²) in [6, 6.07) is 9.87. The number of benzene rings is 1. The summed E-state index contributed by atoms with van der Waals surface area (Å²) >= 11 is 1.68. The van der Waals surface area contributed by atoms with Gasteiger partial charge in [0.1, 0.15) is 0 Å². The summed E-state index contributed by atoms with van der Waals surface area (Å²) in [6.07, 6.45) is 2.79. The first-order valence-electron chi connectivity index (χ1n) is 5.89. The molecule has 0 fully saturated rings. The molecule has 19 heavy (non-hydrogen) atoms. The summed E-state index contributed by atoms with van der Waals surface area (Å²) in [7, 11) is 2.01. The quantitative estimate of drug-likeness (QED) is 0.848. The second kappa shape index (κ2) is 6.20. The lowest BCUT2D eigenvalue weighted by atomic mass is 10.1. The number of thiophene rings is 1. The number of anilines is 1. The van der Waals surface area contributed by atoms with Crippen molar-refractivity contribution in [3.8, 4) is 0 Å². The van der Waals surface area contributed by atoms with Crippen molar-refractivity contribution in [2.24, 2.45) is 0 Å². The van der Waals surface area contributed by atoms with Crippen LogP contribution in [0.1, 0.15) is 11.1 Å². The molecule has 0 radical (unpaired) electrons. The van der Waals surface area contributed by atoms with Crippen molar-refractivity contribution < 1.29 is 9.90 Å². The molecule has 0 unspecified atom stereocenters. The van der Waals surface area contributed by atoms with Crippen LogP contribution >= 0.6 is 11.3 Å². The van der Waals surface area contributed by atoms with Gasteiger partial charge in [-0.05, 0) is 40.1 Å². The molecule has 98 valence electrons. The number of nitrogens with zero attached hydrogens (tertiary/aromatic N) is 1. The van der Waals surface area contributed by atoms with E-state index < -0.39 is 5.97 Å². The van der Waals surface area contributed by atoms with Gasteiger partial charge in [-0.3, -0.25) is 0 Å². The molecular weight excluding hydrogens is 258 g/mol. The van der Waals surface area contributed by atoms with Crippen LogP contribution in [0.5, 0.6) is 0 Å². The van der Waals surface area contributed by atoms with Gasteiger partial charge in [0.2, 0.25) is 0 Å². The fourth-order valence-electron chi connectivity index (χ4n) is 1.88. The fraction of sp³-hybridized carbons (Fsp3) is 0.133. The molecule has 2 aromatic rings. The van der Waals surface area contributed by atoms with Crippen molar-refractivity contribution in [3.63, 3.8) is 0 Å². The topological polar surface area (TPSA) is 40.5 Å². The van der Waals surface area contributed by atoms with Gasteiger partial charge in [-0.2, -0.15) is 11.3 Å². The summed E-state index contributed by atoms with van der Waals surface area (Å²) in [6.45, 7) is 0.807. The maximum absolute atomic E-state index is 10.6. The van der Waals surface area contributed by atoms with E-state index in [0.717, 1.165) is 23.9 Å². The van der Waals surface area contributed by atoms with Gasteiger partial charge in [0.25, 0.3) is 0 Å². The number of hydrogen-bond donors (Lipinski definition) is 1. The van der Waals surface area contributed by atoms with Gasteiger partial charge in [0.15, 0.2) is 0 Å². The molecule has 0 aliphatic heterocycles. The van der Waals surface area contributed by atoms with Gasteiger partial charge < -0.3 is 10.0 Å². The SMILES string of the molecule is CN(Cc1ccsc1)c1ccccc1/C=C/C(=O)O. The predicted molar refractivity (Wildman–Crippen MR) is 79.5 cm³/mol. The highest BCUT2D eigenvalue weighted by Crippen LogP contribution is 2.22. The van der Waals surface area contributed by atoms with Crippen LogP contribution in [0, 0.1) is 0 Å². The van der Waals surface area contributed by atoms with Gasteiger partial charge in [-0.15, -0.1) is 0 Å². The normalized spacial score (nSPS) is 10.8. The Morgan fingerprint density at radius 1 is 1.37 bits per heavy atom. The summed E-state index contributed by atoms with van der Waals surface area (Å²) in [5.74, 6) is -0.935. The van der Waals surface area contributed by atoms with Crippen LogP contribution in [0.25, 0.3) is 6.08 Å². The zero-order valence-electron chi connectivity index (χ0n) is 10.6. The van der Waals surface area contributed by atoms with Gasteiger partial charge in [0, 0.05) is 25.4 Å². The van der Waals surface area contributed by atoms with E-state index in [4.69, 9.17) is 5.11 Å². The van der Waals surface area contributed by atoms with Crippen molar-refractivity contribution in [1.82, 2.24) is 0 Å². The van der Waals surface area contributed by atoms with Crippen molar-refractivity contribution in [2.75, 3.05) is 11.9 Å². The Morgan fingerprint density at radius 2 is 2.16 bits per heavy atom. The second-order valence-electron chi connectivity index (χ2n) is 4.22. The molecule has 0 spiro atoms. The molecule has 0 atom stereocenters. The summed E-state index contributed by atoms with van der Waals surface area (Å²) in [5.41, 5.74) is 3.18. The maximum atomic E-state index is 10.6.